The maximum atomic E-state index is 12.0. The standard InChI is InChI=1S/C13H17ClN4O2S/c1-8(2)16-13-11(21(3,19)20)12(15)18(17-13)10-6-4-5-9(14)7-10/h4-8H,15H2,1-3H3,(H,16,17). The van der Waals surface area contributed by atoms with E-state index in [1.807, 2.05) is 13.8 Å². The Morgan fingerprint density at radius 2 is 2.05 bits per heavy atom. The second-order valence-corrected chi connectivity index (χ2v) is 7.41. The van der Waals surface area contributed by atoms with E-state index in [4.69, 9.17) is 17.3 Å². The molecule has 0 atom stereocenters. The van der Waals surface area contributed by atoms with Gasteiger partial charge in [0.1, 0.15) is 5.82 Å². The van der Waals surface area contributed by atoms with Crippen LogP contribution in [0, 0.1) is 0 Å². The maximum Gasteiger partial charge on any atom is 0.182 e. The van der Waals surface area contributed by atoms with Crippen LogP contribution in [0.2, 0.25) is 5.02 Å². The highest BCUT2D eigenvalue weighted by Gasteiger charge is 2.25. The lowest BCUT2D eigenvalue weighted by Gasteiger charge is -2.07. The Hall–Kier alpha value is -1.73. The summed E-state index contributed by atoms with van der Waals surface area (Å²) >= 11 is 5.95. The van der Waals surface area contributed by atoms with Gasteiger partial charge in [-0.15, -0.1) is 5.10 Å². The van der Waals surface area contributed by atoms with Gasteiger partial charge in [-0.05, 0) is 32.0 Å². The Labute approximate surface area is 128 Å². The molecule has 1 aromatic heterocycles. The van der Waals surface area contributed by atoms with Gasteiger partial charge in [-0.3, -0.25) is 0 Å². The lowest BCUT2D eigenvalue weighted by molar-refractivity contribution is 0.602. The first-order valence-electron chi connectivity index (χ1n) is 6.31. The molecule has 1 heterocycles. The number of anilines is 2. The first-order valence-corrected chi connectivity index (χ1v) is 8.58. The lowest BCUT2D eigenvalue weighted by Crippen LogP contribution is -2.13. The molecular weight excluding hydrogens is 312 g/mol. The number of rotatable bonds is 4. The Kier molecular flexibility index (Phi) is 4.15. The average Bonchev–Trinajstić information content (AvgIpc) is 2.64. The minimum absolute atomic E-state index is 0.00354. The van der Waals surface area contributed by atoms with Gasteiger partial charge in [-0.1, -0.05) is 17.7 Å². The molecule has 0 fully saturated rings. The van der Waals surface area contributed by atoms with Crippen LogP contribution in [-0.2, 0) is 9.84 Å². The van der Waals surface area contributed by atoms with Gasteiger partial charge in [0.2, 0.25) is 0 Å². The zero-order chi connectivity index (χ0) is 15.8. The van der Waals surface area contributed by atoms with E-state index < -0.39 is 9.84 Å². The lowest BCUT2D eigenvalue weighted by atomic mass is 10.3. The molecule has 0 amide bonds. The highest BCUT2D eigenvalue weighted by atomic mass is 35.5. The van der Waals surface area contributed by atoms with Crippen LogP contribution >= 0.6 is 11.6 Å². The quantitative estimate of drug-likeness (QED) is 0.899. The fraction of sp³-hybridized carbons (Fsp3) is 0.308. The number of nitrogens with one attached hydrogen (secondary N) is 1. The van der Waals surface area contributed by atoms with E-state index in [9.17, 15) is 8.42 Å². The van der Waals surface area contributed by atoms with E-state index >= 15 is 0 Å². The van der Waals surface area contributed by atoms with Gasteiger partial charge in [-0.2, -0.15) is 0 Å². The van der Waals surface area contributed by atoms with Gasteiger partial charge in [0.05, 0.1) is 5.69 Å². The zero-order valence-corrected chi connectivity index (χ0v) is 13.5. The van der Waals surface area contributed by atoms with Crippen molar-refractivity contribution in [3.63, 3.8) is 0 Å². The van der Waals surface area contributed by atoms with E-state index in [0.717, 1.165) is 6.26 Å². The van der Waals surface area contributed by atoms with E-state index in [2.05, 4.69) is 10.4 Å². The number of nitrogen functional groups attached to an aromatic ring is 1. The molecular formula is C13H17ClN4O2S. The van der Waals surface area contributed by atoms with Crippen LogP contribution in [0.3, 0.4) is 0 Å². The molecule has 0 bridgehead atoms. The SMILES string of the molecule is CC(C)Nc1nn(-c2cccc(Cl)c2)c(N)c1S(C)(=O)=O. The number of hydrogen-bond donors (Lipinski definition) is 2. The highest BCUT2D eigenvalue weighted by molar-refractivity contribution is 7.91. The van der Waals surface area contributed by atoms with Crippen molar-refractivity contribution < 1.29 is 8.42 Å². The van der Waals surface area contributed by atoms with Crippen molar-refractivity contribution in [2.45, 2.75) is 24.8 Å². The summed E-state index contributed by atoms with van der Waals surface area (Å²) < 4.78 is 25.3. The molecule has 0 aliphatic heterocycles. The normalized spacial score (nSPS) is 11.9. The molecule has 0 spiro atoms. The monoisotopic (exact) mass is 328 g/mol. The molecule has 6 nitrogen and oxygen atoms in total. The molecule has 21 heavy (non-hydrogen) atoms. The summed E-state index contributed by atoms with van der Waals surface area (Å²) in [5.41, 5.74) is 6.59. The van der Waals surface area contributed by atoms with Crippen LogP contribution in [0.5, 0.6) is 0 Å². The summed E-state index contributed by atoms with van der Waals surface area (Å²) in [7, 11) is -3.51. The van der Waals surface area contributed by atoms with Crippen LogP contribution in [0.4, 0.5) is 11.6 Å². The molecule has 0 radical (unpaired) electrons. The van der Waals surface area contributed by atoms with E-state index in [1.54, 1.807) is 24.3 Å². The number of benzene rings is 1. The number of sulfone groups is 1. The zero-order valence-electron chi connectivity index (χ0n) is 12.0. The molecule has 0 saturated heterocycles. The number of nitrogens with two attached hydrogens (primary N) is 1. The third kappa shape index (κ3) is 3.30. The summed E-state index contributed by atoms with van der Waals surface area (Å²) in [6.07, 6.45) is 1.11. The summed E-state index contributed by atoms with van der Waals surface area (Å²) in [5, 5.41) is 7.79. The molecule has 1 aromatic carbocycles. The van der Waals surface area contributed by atoms with E-state index in [0.29, 0.717) is 10.7 Å². The smallest absolute Gasteiger partial charge is 0.182 e. The molecule has 0 aliphatic carbocycles. The van der Waals surface area contributed by atoms with Gasteiger partial charge >= 0.3 is 0 Å². The van der Waals surface area contributed by atoms with Gasteiger partial charge in [0, 0.05) is 17.3 Å². The Morgan fingerprint density at radius 1 is 1.38 bits per heavy atom. The largest absolute Gasteiger partial charge is 0.382 e. The predicted molar refractivity (Wildman–Crippen MR) is 84.9 cm³/mol. The Morgan fingerprint density at radius 3 is 2.57 bits per heavy atom. The fourth-order valence-electron chi connectivity index (χ4n) is 1.95. The summed E-state index contributed by atoms with van der Waals surface area (Å²) in [5.74, 6) is 0.299. The van der Waals surface area contributed by atoms with Gasteiger partial charge < -0.3 is 11.1 Å². The third-order valence-corrected chi connectivity index (χ3v) is 4.10. The van der Waals surface area contributed by atoms with Gasteiger partial charge in [0.25, 0.3) is 0 Å². The second-order valence-electron chi connectivity index (χ2n) is 5.03. The average molecular weight is 329 g/mol. The Balaban J connectivity index is 2.67. The number of nitrogens with zero attached hydrogens (tertiary/aromatic N) is 2. The number of hydrogen-bond acceptors (Lipinski definition) is 5. The minimum Gasteiger partial charge on any atom is -0.382 e. The Bertz CT molecular complexity index is 768. The van der Waals surface area contributed by atoms with Crippen molar-refractivity contribution in [1.29, 1.82) is 0 Å². The number of aromatic nitrogens is 2. The van der Waals surface area contributed by atoms with Crippen molar-refractivity contribution >= 4 is 33.1 Å². The first-order chi connectivity index (χ1) is 9.70. The molecule has 114 valence electrons. The van der Waals surface area contributed by atoms with E-state index in [-0.39, 0.29) is 22.6 Å². The maximum absolute atomic E-state index is 12.0. The van der Waals surface area contributed by atoms with Crippen LogP contribution in [0.1, 0.15) is 13.8 Å². The molecule has 2 aromatic rings. The first kappa shape index (κ1) is 15.7. The number of halogens is 1. The summed E-state index contributed by atoms with van der Waals surface area (Å²) in [4.78, 5) is -0.00354. The fourth-order valence-corrected chi connectivity index (χ4v) is 3.06. The van der Waals surface area contributed by atoms with Crippen molar-refractivity contribution in [2.24, 2.45) is 0 Å². The van der Waals surface area contributed by atoms with Crippen molar-refractivity contribution in [3.8, 4) is 5.69 Å². The van der Waals surface area contributed by atoms with Crippen molar-refractivity contribution in [3.05, 3.63) is 29.3 Å². The predicted octanol–water partition coefficient (Wildman–Crippen LogP) is 2.33. The molecule has 0 saturated carbocycles. The molecule has 0 aliphatic rings. The van der Waals surface area contributed by atoms with Crippen LogP contribution in [-0.4, -0.2) is 30.5 Å². The van der Waals surface area contributed by atoms with Crippen LogP contribution in [0.15, 0.2) is 29.2 Å². The third-order valence-electron chi connectivity index (χ3n) is 2.72. The molecule has 0 unspecified atom stereocenters. The van der Waals surface area contributed by atoms with Crippen molar-refractivity contribution in [1.82, 2.24) is 9.78 Å². The summed E-state index contributed by atoms with van der Waals surface area (Å²) in [6.45, 7) is 3.78. The second kappa shape index (κ2) is 5.57. The van der Waals surface area contributed by atoms with Gasteiger partial charge in [-0.25, -0.2) is 13.1 Å². The van der Waals surface area contributed by atoms with Gasteiger partial charge in [0.15, 0.2) is 20.6 Å². The highest BCUT2D eigenvalue weighted by Crippen LogP contribution is 2.30. The molecule has 3 N–H and O–H groups in total. The van der Waals surface area contributed by atoms with Crippen LogP contribution in [0.25, 0.3) is 5.69 Å². The van der Waals surface area contributed by atoms with Crippen LogP contribution < -0.4 is 11.1 Å². The summed E-state index contributed by atoms with van der Waals surface area (Å²) in [6, 6.07) is 6.90. The molecule has 8 heteroatoms. The van der Waals surface area contributed by atoms with Crippen molar-refractivity contribution in [2.75, 3.05) is 17.3 Å². The topological polar surface area (TPSA) is 90.0 Å². The van der Waals surface area contributed by atoms with E-state index in [1.165, 1.54) is 4.68 Å². The minimum atomic E-state index is -3.51. The molecule has 2 rings (SSSR count).